The van der Waals surface area contributed by atoms with Crippen LogP contribution in [0.1, 0.15) is 5.56 Å². The summed E-state index contributed by atoms with van der Waals surface area (Å²) in [4.78, 5) is 26.2. The zero-order chi connectivity index (χ0) is 22.1. The molecule has 30 heavy (non-hydrogen) atoms. The highest BCUT2D eigenvalue weighted by Gasteiger charge is 2.35. The van der Waals surface area contributed by atoms with Gasteiger partial charge in [-0.1, -0.05) is 12.1 Å². The number of carboxylic acids is 1. The van der Waals surface area contributed by atoms with Crippen molar-refractivity contribution in [2.75, 3.05) is 24.0 Å². The van der Waals surface area contributed by atoms with Crippen molar-refractivity contribution >= 4 is 45.2 Å². The van der Waals surface area contributed by atoms with Gasteiger partial charge in [0.05, 0.1) is 16.2 Å². The summed E-state index contributed by atoms with van der Waals surface area (Å²) in [7, 11) is -0.336. The number of nitrogens with zero attached hydrogens (tertiary/aromatic N) is 3. The van der Waals surface area contributed by atoms with Gasteiger partial charge < -0.3 is 10.0 Å². The number of hydrogen-bond donors (Lipinski definition) is 2. The maximum Gasteiger partial charge on any atom is 0.357 e. The minimum atomic E-state index is -4.11. The van der Waals surface area contributed by atoms with Crippen LogP contribution in [0.15, 0.2) is 64.1 Å². The van der Waals surface area contributed by atoms with Crippen molar-refractivity contribution in [2.24, 2.45) is 11.0 Å². The first-order valence-corrected chi connectivity index (χ1v) is 9.94. The van der Waals surface area contributed by atoms with Gasteiger partial charge in [0.25, 0.3) is 5.91 Å². The van der Waals surface area contributed by atoms with Gasteiger partial charge in [0.15, 0.2) is 5.71 Å². The molecular formula is C19H18N4O6S. The smallest absolute Gasteiger partial charge is 0.357 e. The van der Waals surface area contributed by atoms with Crippen LogP contribution in [-0.4, -0.2) is 45.2 Å². The number of hydrazone groups is 1. The van der Waals surface area contributed by atoms with E-state index in [1.165, 1.54) is 30.3 Å². The van der Waals surface area contributed by atoms with E-state index in [4.69, 9.17) is 5.90 Å². The molecule has 0 bridgehead atoms. The average molecular weight is 430 g/mol. The summed E-state index contributed by atoms with van der Waals surface area (Å²) in [6.07, 6.45) is 1.44. The highest BCUT2D eigenvalue weighted by Crippen LogP contribution is 2.27. The molecule has 0 atom stereocenters. The number of amides is 1. The molecule has 1 aliphatic rings. The van der Waals surface area contributed by atoms with E-state index in [9.17, 15) is 23.1 Å². The third kappa shape index (κ3) is 4.08. The van der Waals surface area contributed by atoms with Crippen LogP contribution in [-0.2, 0) is 24.0 Å². The Hall–Kier alpha value is -3.54. The van der Waals surface area contributed by atoms with Crippen LogP contribution >= 0.6 is 0 Å². The molecule has 0 saturated heterocycles. The molecule has 0 aliphatic carbocycles. The predicted octanol–water partition coefficient (Wildman–Crippen LogP) is 1.20. The fourth-order valence-electron chi connectivity index (χ4n) is 2.72. The number of carbonyl (C=O) groups excluding carboxylic acids is 1. The number of carbonyl (C=O) groups is 2. The normalized spacial score (nSPS) is 15.4. The Morgan fingerprint density at radius 1 is 1.13 bits per heavy atom. The van der Waals surface area contributed by atoms with Crippen LogP contribution < -0.4 is 15.8 Å². The SMILES string of the molecule is CN(C)c1ccc(/C=C2\C(=O)N(c3ccc(S(=O)(=O)ON)cc3)N=C2C(=O)O)cc1. The molecule has 1 amide bonds. The molecule has 0 radical (unpaired) electrons. The Kier molecular flexibility index (Phi) is 5.69. The first-order valence-electron chi connectivity index (χ1n) is 8.53. The minimum Gasteiger partial charge on any atom is -0.476 e. The lowest BCUT2D eigenvalue weighted by Gasteiger charge is -2.12. The molecular weight excluding hydrogens is 412 g/mol. The molecule has 2 aromatic rings. The van der Waals surface area contributed by atoms with Crippen molar-refractivity contribution in [1.82, 2.24) is 0 Å². The van der Waals surface area contributed by atoms with E-state index in [-0.39, 0.29) is 16.2 Å². The van der Waals surface area contributed by atoms with Crippen LogP contribution in [0, 0.1) is 0 Å². The Bertz CT molecular complexity index is 1150. The second-order valence-corrected chi connectivity index (χ2v) is 8.03. The summed E-state index contributed by atoms with van der Waals surface area (Å²) in [5, 5.41) is 14.3. The molecule has 156 valence electrons. The van der Waals surface area contributed by atoms with E-state index in [0.29, 0.717) is 5.56 Å². The standard InChI is InChI=1S/C19H18N4O6S/c1-22(2)13-5-3-12(4-6-13)11-16-17(19(25)26)21-23(18(16)24)14-7-9-15(10-8-14)30(27,28)29-20/h3-11H,20H2,1-2H3,(H,25,26)/b16-11-. The monoisotopic (exact) mass is 430 g/mol. The van der Waals surface area contributed by atoms with E-state index in [0.717, 1.165) is 10.7 Å². The van der Waals surface area contributed by atoms with Gasteiger partial charge >= 0.3 is 16.1 Å². The lowest BCUT2D eigenvalue weighted by molar-refractivity contribution is -0.129. The van der Waals surface area contributed by atoms with Crippen molar-refractivity contribution < 1.29 is 27.4 Å². The minimum absolute atomic E-state index is 0.0953. The van der Waals surface area contributed by atoms with Gasteiger partial charge in [0, 0.05) is 19.8 Å². The molecule has 0 unspecified atom stereocenters. The number of nitrogens with two attached hydrogens (primary N) is 1. The molecule has 1 aliphatic heterocycles. The van der Waals surface area contributed by atoms with E-state index in [2.05, 4.69) is 9.39 Å². The Balaban J connectivity index is 1.96. The molecule has 11 heteroatoms. The molecule has 0 spiro atoms. The summed E-state index contributed by atoms with van der Waals surface area (Å²) < 4.78 is 27.2. The summed E-state index contributed by atoms with van der Waals surface area (Å²) >= 11 is 0. The quantitative estimate of drug-likeness (QED) is 0.514. The fraction of sp³-hybridized carbons (Fsp3) is 0.105. The lowest BCUT2D eigenvalue weighted by atomic mass is 10.1. The first kappa shape index (κ1) is 21.2. The van der Waals surface area contributed by atoms with Crippen LogP contribution in [0.2, 0.25) is 0 Å². The van der Waals surface area contributed by atoms with Gasteiger partial charge in [-0.05, 0) is 48.0 Å². The lowest BCUT2D eigenvalue weighted by Crippen LogP contribution is -2.22. The average Bonchev–Trinajstić information content (AvgIpc) is 3.05. The highest BCUT2D eigenvalue weighted by molar-refractivity contribution is 7.86. The maximum atomic E-state index is 12.8. The number of carboxylic acid groups (broad SMARTS) is 1. The van der Waals surface area contributed by atoms with Crippen molar-refractivity contribution in [3.8, 4) is 0 Å². The van der Waals surface area contributed by atoms with Gasteiger partial charge in [0.2, 0.25) is 0 Å². The van der Waals surface area contributed by atoms with Crippen LogP contribution in [0.5, 0.6) is 0 Å². The Morgan fingerprint density at radius 2 is 1.73 bits per heavy atom. The Morgan fingerprint density at radius 3 is 2.23 bits per heavy atom. The predicted molar refractivity (Wildman–Crippen MR) is 110 cm³/mol. The van der Waals surface area contributed by atoms with Crippen molar-refractivity contribution in [3.05, 3.63) is 59.7 Å². The van der Waals surface area contributed by atoms with Crippen molar-refractivity contribution in [3.63, 3.8) is 0 Å². The van der Waals surface area contributed by atoms with E-state index in [1.54, 1.807) is 12.1 Å². The molecule has 0 fully saturated rings. The third-order valence-corrected chi connectivity index (χ3v) is 5.40. The van der Waals surface area contributed by atoms with Gasteiger partial charge in [0.1, 0.15) is 0 Å². The summed E-state index contributed by atoms with van der Waals surface area (Å²) in [6, 6.07) is 12.1. The largest absolute Gasteiger partial charge is 0.476 e. The second kappa shape index (κ2) is 8.06. The van der Waals surface area contributed by atoms with Crippen molar-refractivity contribution in [1.29, 1.82) is 0 Å². The second-order valence-electron chi connectivity index (χ2n) is 6.46. The van der Waals surface area contributed by atoms with Gasteiger partial charge in [-0.15, -0.1) is 0 Å². The number of anilines is 2. The number of benzene rings is 2. The number of rotatable bonds is 6. The van der Waals surface area contributed by atoms with Gasteiger partial charge in [-0.3, -0.25) is 4.79 Å². The molecule has 1 heterocycles. The Labute approximate surface area is 172 Å². The first-order chi connectivity index (χ1) is 14.1. The van der Waals surface area contributed by atoms with Crippen LogP contribution in [0.3, 0.4) is 0 Å². The van der Waals surface area contributed by atoms with Crippen molar-refractivity contribution in [2.45, 2.75) is 4.90 Å². The molecule has 0 saturated carbocycles. The van der Waals surface area contributed by atoms with E-state index >= 15 is 0 Å². The number of aliphatic carboxylic acids is 1. The molecule has 0 aromatic heterocycles. The fourth-order valence-corrected chi connectivity index (χ4v) is 3.30. The molecule has 2 aromatic carbocycles. The molecule has 3 N–H and O–H groups in total. The van der Waals surface area contributed by atoms with Crippen LogP contribution in [0.25, 0.3) is 6.08 Å². The highest BCUT2D eigenvalue weighted by atomic mass is 32.2. The maximum absolute atomic E-state index is 12.8. The zero-order valence-electron chi connectivity index (χ0n) is 16.0. The van der Waals surface area contributed by atoms with Gasteiger partial charge in [-0.25, -0.2) is 4.79 Å². The number of hydrogen-bond acceptors (Lipinski definition) is 8. The summed E-state index contributed by atoms with van der Waals surface area (Å²) in [6.45, 7) is 0. The van der Waals surface area contributed by atoms with E-state index in [1.807, 2.05) is 31.1 Å². The van der Waals surface area contributed by atoms with Gasteiger partial charge in [-0.2, -0.15) is 28.7 Å². The topological polar surface area (TPSA) is 143 Å². The molecule has 3 rings (SSSR count). The summed E-state index contributed by atoms with van der Waals surface area (Å²) in [5.74, 6) is 2.72. The van der Waals surface area contributed by atoms with E-state index < -0.39 is 27.7 Å². The zero-order valence-corrected chi connectivity index (χ0v) is 16.8. The third-order valence-electron chi connectivity index (χ3n) is 4.30. The summed E-state index contributed by atoms with van der Waals surface area (Å²) in [5.41, 5.74) is 1.24. The van der Waals surface area contributed by atoms with Crippen LogP contribution in [0.4, 0.5) is 11.4 Å². The molecule has 10 nitrogen and oxygen atoms in total.